The van der Waals surface area contributed by atoms with Crippen LogP contribution in [0.3, 0.4) is 0 Å². The molecule has 0 aromatic heterocycles. The Morgan fingerprint density at radius 1 is 1.12 bits per heavy atom. The van der Waals surface area contributed by atoms with Crippen molar-refractivity contribution in [3.8, 4) is 0 Å². The second-order valence-electron chi connectivity index (χ2n) is 5.27. The van der Waals surface area contributed by atoms with Gasteiger partial charge in [-0.25, -0.2) is 0 Å². The van der Waals surface area contributed by atoms with Crippen molar-refractivity contribution in [2.75, 3.05) is 10.2 Å². The summed E-state index contributed by atoms with van der Waals surface area (Å²) in [5.41, 5.74) is 2.68. The molecule has 0 aliphatic carbocycles. The van der Waals surface area contributed by atoms with Gasteiger partial charge in [-0.3, -0.25) is 14.5 Å². The lowest BCUT2D eigenvalue weighted by molar-refractivity contribution is -0.114. The average Bonchev–Trinajstić information content (AvgIpc) is 2.83. The number of rotatable bonds is 3. The fourth-order valence-corrected chi connectivity index (χ4v) is 2.68. The van der Waals surface area contributed by atoms with E-state index in [0.717, 1.165) is 11.3 Å². The molecule has 2 aromatic carbocycles. The Morgan fingerprint density at radius 2 is 1.79 bits per heavy atom. The van der Waals surface area contributed by atoms with E-state index in [1.807, 2.05) is 42.5 Å². The molecule has 0 radical (unpaired) electrons. The van der Waals surface area contributed by atoms with Gasteiger partial charge in [0.2, 0.25) is 5.91 Å². The summed E-state index contributed by atoms with van der Waals surface area (Å²) in [5, 5.41) is 6.00. The molecule has 120 valence electrons. The Labute approximate surface area is 145 Å². The maximum Gasteiger partial charge on any atom is 0.281 e. The number of nitrogens with zero attached hydrogens (tertiary/aromatic N) is 1. The van der Waals surface area contributed by atoms with Crippen molar-refractivity contribution in [3.63, 3.8) is 0 Å². The quantitative estimate of drug-likeness (QED) is 0.668. The molecular formula is C18H15N3O2S. The monoisotopic (exact) mass is 337 g/mol. The molecule has 0 atom stereocenters. The second kappa shape index (κ2) is 6.64. The van der Waals surface area contributed by atoms with E-state index in [1.54, 1.807) is 18.2 Å². The maximum atomic E-state index is 12.6. The highest BCUT2D eigenvalue weighted by atomic mass is 32.1. The molecule has 1 fully saturated rings. The summed E-state index contributed by atoms with van der Waals surface area (Å²) in [6, 6.07) is 16.5. The van der Waals surface area contributed by atoms with Crippen LogP contribution in [-0.4, -0.2) is 16.9 Å². The highest BCUT2D eigenvalue weighted by Crippen LogP contribution is 2.22. The molecule has 3 rings (SSSR count). The Bertz CT molecular complexity index is 829. The van der Waals surface area contributed by atoms with Crippen molar-refractivity contribution in [1.82, 2.24) is 5.32 Å². The summed E-state index contributed by atoms with van der Waals surface area (Å²) in [7, 11) is 0. The molecule has 2 N–H and O–H groups in total. The molecule has 0 saturated carbocycles. The number of amides is 2. The zero-order chi connectivity index (χ0) is 17.1. The first-order valence-electron chi connectivity index (χ1n) is 7.34. The topological polar surface area (TPSA) is 61.4 Å². The number of para-hydroxylation sites is 1. The summed E-state index contributed by atoms with van der Waals surface area (Å²) in [6.45, 7) is 1.45. The molecule has 0 spiro atoms. The van der Waals surface area contributed by atoms with Gasteiger partial charge in [0.15, 0.2) is 5.11 Å². The van der Waals surface area contributed by atoms with Crippen LogP contribution in [0.1, 0.15) is 12.5 Å². The predicted molar refractivity (Wildman–Crippen MR) is 98.4 cm³/mol. The maximum absolute atomic E-state index is 12.6. The Kier molecular flexibility index (Phi) is 4.39. The van der Waals surface area contributed by atoms with Gasteiger partial charge in [-0.1, -0.05) is 30.3 Å². The van der Waals surface area contributed by atoms with Crippen LogP contribution in [-0.2, 0) is 9.59 Å². The van der Waals surface area contributed by atoms with E-state index < -0.39 is 0 Å². The highest BCUT2D eigenvalue weighted by Gasteiger charge is 2.31. The molecule has 1 aliphatic heterocycles. The van der Waals surface area contributed by atoms with E-state index in [2.05, 4.69) is 10.6 Å². The molecule has 6 heteroatoms. The van der Waals surface area contributed by atoms with Crippen LogP contribution in [0, 0.1) is 0 Å². The third-order valence-corrected chi connectivity index (χ3v) is 3.72. The number of hydrogen-bond acceptors (Lipinski definition) is 3. The van der Waals surface area contributed by atoms with Gasteiger partial charge in [-0.15, -0.1) is 0 Å². The fraction of sp³-hybridized carbons (Fsp3) is 0.0556. The lowest BCUT2D eigenvalue weighted by atomic mass is 10.1. The number of carbonyl (C=O) groups excluding carboxylic acids is 2. The second-order valence-corrected chi connectivity index (χ2v) is 5.65. The number of nitrogens with one attached hydrogen (secondary N) is 2. The largest absolute Gasteiger partial charge is 0.327 e. The fourth-order valence-electron chi connectivity index (χ4n) is 2.38. The summed E-state index contributed by atoms with van der Waals surface area (Å²) < 4.78 is 0. The van der Waals surface area contributed by atoms with Crippen LogP contribution in [0.4, 0.5) is 11.4 Å². The first kappa shape index (κ1) is 15.9. The number of thiocarbonyl (C=S) groups is 1. The molecule has 2 amide bonds. The van der Waals surface area contributed by atoms with Crippen LogP contribution in [0.25, 0.3) is 6.08 Å². The van der Waals surface area contributed by atoms with Gasteiger partial charge in [-0.2, -0.15) is 0 Å². The van der Waals surface area contributed by atoms with Crippen LogP contribution in [0.15, 0.2) is 60.3 Å². The van der Waals surface area contributed by atoms with E-state index >= 15 is 0 Å². The van der Waals surface area contributed by atoms with E-state index in [0.29, 0.717) is 16.5 Å². The minimum absolute atomic E-state index is 0.127. The molecule has 1 saturated heterocycles. The van der Waals surface area contributed by atoms with Gasteiger partial charge in [0.1, 0.15) is 5.70 Å². The molecule has 5 nitrogen and oxygen atoms in total. The van der Waals surface area contributed by atoms with Crippen LogP contribution in [0.5, 0.6) is 0 Å². The molecule has 24 heavy (non-hydrogen) atoms. The molecule has 0 bridgehead atoms. The smallest absolute Gasteiger partial charge is 0.281 e. The summed E-state index contributed by atoms with van der Waals surface area (Å²) in [6.07, 6.45) is 1.73. The number of benzene rings is 2. The minimum atomic E-state index is -0.197. The van der Waals surface area contributed by atoms with Gasteiger partial charge in [0.05, 0.1) is 5.69 Å². The number of hydrogen-bond donors (Lipinski definition) is 2. The van der Waals surface area contributed by atoms with Crippen molar-refractivity contribution < 1.29 is 9.59 Å². The molecule has 0 unspecified atom stereocenters. The zero-order valence-corrected chi connectivity index (χ0v) is 13.8. The standard InChI is InChI=1S/C18H15N3O2S/c1-12(22)19-14-9-7-13(8-10-14)11-16-17(23)21(18(24)20-16)15-5-3-2-4-6-15/h2-11H,1H3,(H,19,22)(H,20,24)/b16-11+. The van der Waals surface area contributed by atoms with Crippen molar-refractivity contribution >= 4 is 46.6 Å². The van der Waals surface area contributed by atoms with Crippen molar-refractivity contribution in [2.24, 2.45) is 0 Å². The first-order chi connectivity index (χ1) is 11.5. The van der Waals surface area contributed by atoms with Gasteiger partial charge in [0.25, 0.3) is 5.91 Å². The SMILES string of the molecule is CC(=O)Nc1ccc(/C=C2/NC(=S)N(c3ccccc3)C2=O)cc1. The number of anilines is 2. The Morgan fingerprint density at radius 3 is 2.42 bits per heavy atom. The zero-order valence-electron chi connectivity index (χ0n) is 12.9. The third-order valence-electron chi connectivity index (χ3n) is 3.43. The Balaban J connectivity index is 1.82. The van der Waals surface area contributed by atoms with Crippen LogP contribution in [0.2, 0.25) is 0 Å². The van der Waals surface area contributed by atoms with E-state index in [-0.39, 0.29) is 11.8 Å². The van der Waals surface area contributed by atoms with Crippen LogP contribution >= 0.6 is 12.2 Å². The van der Waals surface area contributed by atoms with Gasteiger partial charge < -0.3 is 10.6 Å². The van der Waals surface area contributed by atoms with E-state index in [4.69, 9.17) is 12.2 Å². The van der Waals surface area contributed by atoms with E-state index in [1.165, 1.54) is 11.8 Å². The van der Waals surface area contributed by atoms with Gasteiger partial charge in [0, 0.05) is 12.6 Å². The normalized spacial score (nSPS) is 15.5. The lowest BCUT2D eigenvalue weighted by Crippen LogP contribution is -2.30. The van der Waals surface area contributed by atoms with Crippen molar-refractivity contribution in [3.05, 3.63) is 65.9 Å². The van der Waals surface area contributed by atoms with Crippen molar-refractivity contribution in [2.45, 2.75) is 6.92 Å². The first-order valence-corrected chi connectivity index (χ1v) is 7.75. The predicted octanol–water partition coefficient (Wildman–Crippen LogP) is 2.91. The lowest BCUT2D eigenvalue weighted by Gasteiger charge is -2.13. The molecular weight excluding hydrogens is 322 g/mol. The van der Waals surface area contributed by atoms with E-state index in [9.17, 15) is 9.59 Å². The van der Waals surface area contributed by atoms with Gasteiger partial charge in [-0.05, 0) is 48.1 Å². The summed E-state index contributed by atoms with van der Waals surface area (Å²) in [4.78, 5) is 25.1. The Hall–Kier alpha value is -2.99. The molecule has 1 heterocycles. The molecule has 1 aliphatic rings. The van der Waals surface area contributed by atoms with Crippen LogP contribution < -0.4 is 15.5 Å². The summed E-state index contributed by atoms with van der Waals surface area (Å²) >= 11 is 5.27. The third kappa shape index (κ3) is 3.33. The highest BCUT2D eigenvalue weighted by molar-refractivity contribution is 7.80. The average molecular weight is 337 g/mol. The molecule has 2 aromatic rings. The summed E-state index contributed by atoms with van der Waals surface area (Å²) in [5.74, 6) is -0.324. The minimum Gasteiger partial charge on any atom is -0.327 e. The number of carbonyl (C=O) groups is 2. The van der Waals surface area contributed by atoms with Crippen molar-refractivity contribution in [1.29, 1.82) is 0 Å². The van der Waals surface area contributed by atoms with Gasteiger partial charge >= 0.3 is 0 Å².